The molecule has 0 N–H and O–H groups in total. The van der Waals surface area contributed by atoms with Crippen LogP contribution in [0.5, 0.6) is 5.75 Å². The van der Waals surface area contributed by atoms with Crippen molar-refractivity contribution in [2.45, 2.75) is 10.3 Å². The maximum atomic E-state index is 11.9. The summed E-state index contributed by atoms with van der Waals surface area (Å²) in [5.74, 6) is 0.104. The highest BCUT2D eigenvalue weighted by molar-refractivity contribution is 14.1. The molecule has 0 aliphatic carbocycles. The minimum Gasteiger partial charge on any atom is -0.426 e. The number of benzene rings is 1. The smallest absolute Gasteiger partial charge is 0.324 e. The molecule has 2 nitrogen and oxygen atoms in total. The van der Waals surface area contributed by atoms with Crippen LogP contribution in [0.15, 0.2) is 30.3 Å². The van der Waals surface area contributed by atoms with E-state index in [1.54, 1.807) is 24.3 Å². The van der Waals surface area contributed by atoms with Gasteiger partial charge in [-0.25, -0.2) is 0 Å². The lowest BCUT2D eigenvalue weighted by molar-refractivity contribution is -0.133. The second-order valence-corrected chi connectivity index (χ2v) is 4.18. The largest absolute Gasteiger partial charge is 0.426 e. The quantitative estimate of drug-likeness (QED) is 0.370. The summed E-state index contributed by atoms with van der Waals surface area (Å²) in [5.41, 5.74) is 0. The van der Waals surface area contributed by atoms with Crippen LogP contribution >= 0.6 is 22.6 Å². The Hall–Kier alpha value is -0.650. The zero-order valence-corrected chi connectivity index (χ0v) is 9.61. The Morgan fingerprint density at radius 3 is 2.64 bits per heavy atom. The van der Waals surface area contributed by atoms with Gasteiger partial charge in [0.25, 0.3) is 0 Å². The minimum absolute atomic E-state index is 0.201. The molecule has 0 aromatic heterocycles. The highest BCUT2D eigenvalue weighted by Crippen LogP contribution is 2.14. The van der Waals surface area contributed by atoms with Gasteiger partial charge in [-0.3, -0.25) is 9.18 Å². The first kappa shape index (κ1) is 11.4. The van der Waals surface area contributed by atoms with E-state index in [9.17, 15) is 9.18 Å². The molecule has 0 saturated heterocycles. The van der Waals surface area contributed by atoms with Crippen LogP contribution in [0.1, 0.15) is 6.42 Å². The predicted molar refractivity (Wildman–Crippen MR) is 60.5 cm³/mol. The number of carbonyl (C=O) groups excluding carboxylic acids is 1. The monoisotopic (exact) mass is 308 g/mol. The van der Waals surface area contributed by atoms with Gasteiger partial charge in [-0.2, -0.15) is 0 Å². The van der Waals surface area contributed by atoms with E-state index < -0.39 is 16.6 Å². The average molecular weight is 308 g/mol. The summed E-state index contributed by atoms with van der Waals surface area (Å²) in [7, 11) is 0. The molecule has 0 aliphatic heterocycles. The molecule has 0 amide bonds. The number of carbonyl (C=O) groups is 1. The van der Waals surface area contributed by atoms with E-state index in [1.165, 1.54) is 0 Å². The molecular formula is C10H10FIO2. The number of para-hydroxylation sites is 1. The standard InChI is InChI=1S/C10H10FIO2/c11-7-6-9(12)10(13)14-8-4-2-1-3-5-8/h1-5,9H,6-7H2. The summed E-state index contributed by atoms with van der Waals surface area (Å²) in [4.78, 5) is 11.3. The molecule has 1 atom stereocenters. The van der Waals surface area contributed by atoms with Crippen LogP contribution in [0.2, 0.25) is 0 Å². The minimum atomic E-state index is -0.502. The molecule has 0 heterocycles. The Morgan fingerprint density at radius 1 is 1.43 bits per heavy atom. The van der Waals surface area contributed by atoms with E-state index in [-0.39, 0.29) is 6.42 Å². The molecule has 1 rings (SSSR count). The van der Waals surface area contributed by atoms with Crippen molar-refractivity contribution < 1.29 is 13.9 Å². The number of hydrogen-bond donors (Lipinski definition) is 0. The lowest BCUT2D eigenvalue weighted by atomic mass is 10.3. The van der Waals surface area contributed by atoms with Crippen LogP contribution in [0.25, 0.3) is 0 Å². The van der Waals surface area contributed by atoms with Gasteiger partial charge in [-0.05, 0) is 18.6 Å². The molecule has 1 aromatic carbocycles. The van der Waals surface area contributed by atoms with Crippen LogP contribution in [-0.4, -0.2) is 16.6 Å². The van der Waals surface area contributed by atoms with Crippen molar-refractivity contribution >= 4 is 28.6 Å². The Labute approximate surface area is 95.6 Å². The van der Waals surface area contributed by atoms with Crippen molar-refractivity contribution in [3.05, 3.63) is 30.3 Å². The highest BCUT2D eigenvalue weighted by atomic mass is 127. The summed E-state index contributed by atoms with van der Waals surface area (Å²) in [5, 5.41) is 0. The number of halogens is 2. The first-order valence-corrected chi connectivity index (χ1v) is 5.45. The molecular weight excluding hydrogens is 298 g/mol. The van der Waals surface area contributed by atoms with E-state index in [4.69, 9.17) is 4.74 Å². The molecule has 1 unspecified atom stereocenters. The summed E-state index contributed by atoms with van der Waals surface area (Å²) in [6, 6.07) is 8.77. The van der Waals surface area contributed by atoms with Crippen LogP contribution in [-0.2, 0) is 4.79 Å². The van der Waals surface area contributed by atoms with E-state index in [2.05, 4.69) is 0 Å². The second-order valence-electron chi connectivity index (χ2n) is 2.68. The summed E-state index contributed by atoms with van der Waals surface area (Å²) < 4.78 is 16.5. The lowest BCUT2D eigenvalue weighted by Gasteiger charge is -2.07. The fourth-order valence-corrected chi connectivity index (χ4v) is 1.24. The second kappa shape index (κ2) is 5.95. The molecule has 0 bridgehead atoms. The van der Waals surface area contributed by atoms with Crippen LogP contribution in [0.4, 0.5) is 4.39 Å². The van der Waals surface area contributed by atoms with Gasteiger partial charge in [0.1, 0.15) is 9.67 Å². The van der Waals surface area contributed by atoms with Gasteiger partial charge in [0.15, 0.2) is 0 Å². The van der Waals surface area contributed by atoms with Gasteiger partial charge in [-0.1, -0.05) is 40.8 Å². The van der Waals surface area contributed by atoms with Crippen molar-refractivity contribution in [2.75, 3.05) is 6.67 Å². The molecule has 0 fully saturated rings. The maximum absolute atomic E-state index is 11.9. The van der Waals surface area contributed by atoms with E-state index in [0.717, 1.165) is 0 Å². The molecule has 14 heavy (non-hydrogen) atoms. The fraction of sp³-hybridized carbons (Fsp3) is 0.300. The van der Waals surface area contributed by atoms with Crippen molar-refractivity contribution in [3.63, 3.8) is 0 Å². The van der Waals surface area contributed by atoms with Crippen LogP contribution in [0.3, 0.4) is 0 Å². The zero-order valence-electron chi connectivity index (χ0n) is 7.45. The maximum Gasteiger partial charge on any atom is 0.324 e. The van der Waals surface area contributed by atoms with Gasteiger partial charge in [0, 0.05) is 0 Å². The zero-order chi connectivity index (χ0) is 10.4. The van der Waals surface area contributed by atoms with Gasteiger partial charge < -0.3 is 4.74 Å². The fourth-order valence-electron chi connectivity index (χ4n) is 0.882. The molecule has 0 spiro atoms. The van der Waals surface area contributed by atoms with Gasteiger partial charge >= 0.3 is 5.97 Å². The highest BCUT2D eigenvalue weighted by Gasteiger charge is 2.16. The van der Waals surface area contributed by atoms with Gasteiger partial charge in [0.05, 0.1) is 6.67 Å². The Kier molecular flexibility index (Phi) is 4.86. The number of rotatable bonds is 4. The number of alkyl halides is 2. The normalized spacial score (nSPS) is 12.1. The summed E-state index contributed by atoms with van der Waals surface area (Å²) in [6.07, 6.45) is 0.201. The van der Waals surface area contributed by atoms with Gasteiger partial charge in [-0.15, -0.1) is 0 Å². The Balaban J connectivity index is 2.49. The molecule has 0 aliphatic rings. The number of ether oxygens (including phenoxy) is 1. The average Bonchev–Trinajstić information content (AvgIpc) is 2.19. The van der Waals surface area contributed by atoms with Crippen molar-refractivity contribution in [1.29, 1.82) is 0 Å². The number of hydrogen-bond acceptors (Lipinski definition) is 2. The first-order chi connectivity index (χ1) is 6.74. The lowest BCUT2D eigenvalue weighted by Crippen LogP contribution is -2.20. The molecule has 0 radical (unpaired) electrons. The SMILES string of the molecule is O=C(Oc1ccccc1)C(I)CCF. The van der Waals surface area contributed by atoms with Crippen molar-refractivity contribution in [3.8, 4) is 5.75 Å². The van der Waals surface area contributed by atoms with E-state index in [1.807, 2.05) is 28.7 Å². The van der Waals surface area contributed by atoms with Crippen molar-refractivity contribution in [2.24, 2.45) is 0 Å². The molecule has 76 valence electrons. The molecule has 1 aromatic rings. The third kappa shape index (κ3) is 3.61. The topological polar surface area (TPSA) is 26.3 Å². The van der Waals surface area contributed by atoms with Crippen LogP contribution < -0.4 is 4.74 Å². The Morgan fingerprint density at radius 2 is 2.07 bits per heavy atom. The van der Waals surface area contributed by atoms with Crippen molar-refractivity contribution in [1.82, 2.24) is 0 Å². The van der Waals surface area contributed by atoms with Gasteiger partial charge in [0.2, 0.25) is 0 Å². The number of esters is 1. The summed E-state index contributed by atoms with van der Waals surface area (Å²) >= 11 is 1.88. The predicted octanol–water partition coefficient (Wildman–Crippen LogP) is 2.76. The first-order valence-electron chi connectivity index (χ1n) is 4.21. The van der Waals surface area contributed by atoms with E-state index in [0.29, 0.717) is 5.75 Å². The van der Waals surface area contributed by atoms with E-state index >= 15 is 0 Å². The molecule has 4 heteroatoms. The Bertz CT molecular complexity index is 289. The summed E-state index contributed by atoms with van der Waals surface area (Å²) in [6.45, 7) is -0.502. The third-order valence-corrected chi connectivity index (χ3v) is 2.71. The molecule has 0 saturated carbocycles. The van der Waals surface area contributed by atoms with Crippen LogP contribution in [0, 0.1) is 0 Å². The third-order valence-electron chi connectivity index (χ3n) is 1.58.